The van der Waals surface area contributed by atoms with Gasteiger partial charge in [0.05, 0.1) is 0 Å². The van der Waals surface area contributed by atoms with Gasteiger partial charge in [-0.25, -0.2) is 4.39 Å². The molecule has 0 aliphatic carbocycles. The zero-order chi connectivity index (χ0) is 27.7. The second kappa shape index (κ2) is 13.4. The third-order valence-corrected chi connectivity index (χ3v) is 6.99. The number of rotatable bonds is 11. The zero-order valence-corrected chi connectivity index (χ0v) is 23.3. The maximum absolute atomic E-state index is 13.8. The van der Waals surface area contributed by atoms with E-state index in [2.05, 4.69) is 50.4 Å². The Hall–Kier alpha value is -3.47. The first-order valence-electron chi connectivity index (χ1n) is 13.5. The Bertz CT molecular complexity index is 1170. The molecule has 38 heavy (non-hydrogen) atoms. The van der Waals surface area contributed by atoms with Crippen molar-refractivity contribution in [3.63, 3.8) is 0 Å². The number of hydrogen-bond acceptors (Lipinski definition) is 2. The molecule has 0 fully saturated rings. The summed E-state index contributed by atoms with van der Waals surface area (Å²) in [5, 5.41) is 3.08. The van der Waals surface area contributed by atoms with Gasteiger partial charge in [-0.1, -0.05) is 94.4 Å². The fourth-order valence-electron chi connectivity index (χ4n) is 4.35. The van der Waals surface area contributed by atoms with E-state index in [0.717, 1.165) is 23.1 Å². The second-order valence-corrected chi connectivity index (χ2v) is 11.1. The molecule has 0 aliphatic heterocycles. The maximum atomic E-state index is 13.8. The first-order valence-corrected chi connectivity index (χ1v) is 13.5. The molecule has 0 saturated carbocycles. The molecule has 202 valence electrons. The summed E-state index contributed by atoms with van der Waals surface area (Å²) >= 11 is 0. The third kappa shape index (κ3) is 8.54. The Morgan fingerprint density at radius 2 is 1.47 bits per heavy atom. The lowest BCUT2D eigenvalue weighted by Crippen LogP contribution is -2.52. The molecule has 2 amide bonds. The average molecular weight is 517 g/mol. The molecule has 0 saturated heterocycles. The van der Waals surface area contributed by atoms with E-state index in [1.165, 1.54) is 17.7 Å². The Labute approximate surface area is 227 Å². The molecule has 2 atom stereocenters. The Balaban J connectivity index is 1.88. The van der Waals surface area contributed by atoms with Gasteiger partial charge in [0.1, 0.15) is 11.9 Å². The molecule has 0 aliphatic rings. The van der Waals surface area contributed by atoms with Crippen LogP contribution in [0.25, 0.3) is 0 Å². The lowest BCUT2D eigenvalue weighted by atomic mass is 9.86. The van der Waals surface area contributed by atoms with Crippen LogP contribution in [-0.2, 0) is 34.4 Å². The van der Waals surface area contributed by atoms with Crippen LogP contribution in [0.5, 0.6) is 0 Å². The van der Waals surface area contributed by atoms with Gasteiger partial charge in [-0.05, 0) is 59.6 Å². The van der Waals surface area contributed by atoms with Crippen molar-refractivity contribution in [2.24, 2.45) is 0 Å². The monoisotopic (exact) mass is 516 g/mol. The van der Waals surface area contributed by atoms with Crippen LogP contribution >= 0.6 is 0 Å². The minimum Gasteiger partial charge on any atom is -0.352 e. The molecule has 0 bridgehead atoms. The highest BCUT2D eigenvalue weighted by molar-refractivity contribution is 5.88. The Morgan fingerprint density at radius 1 is 0.868 bits per heavy atom. The minimum atomic E-state index is -0.688. The van der Waals surface area contributed by atoms with Crippen molar-refractivity contribution in [2.75, 3.05) is 0 Å². The van der Waals surface area contributed by atoms with Crippen LogP contribution < -0.4 is 5.32 Å². The Morgan fingerprint density at radius 3 is 2.05 bits per heavy atom. The van der Waals surface area contributed by atoms with Crippen molar-refractivity contribution >= 4 is 11.8 Å². The number of aryl methyl sites for hydroxylation is 1. The molecule has 3 rings (SSSR count). The van der Waals surface area contributed by atoms with Gasteiger partial charge in [0.25, 0.3) is 0 Å². The van der Waals surface area contributed by atoms with Gasteiger partial charge in [0, 0.05) is 25.4 Å². The SMILES string of the molecule is CCC(C)NC(=O)C(Cc1ccccc1)N(Cc1ccc(F)cc1)C(=O)CCc1ccc(C(C)(C)C)cc1. The summed E-state index contributed by atoms with van der Waals surface area (Å²) in [6.07, 6.45) is 2.04. The molecule has 5 heteroatoms. The van der Waals surface area contributed by atoms with Crippen LogP contribution in [0.3, 0.4) is 0 Å². The number of nitrogens with one attached hydrogen (secondary N) is 1. The first kappa shape index (κ1) is 29.1. The molecule has 1 N–H and O–H groups in total. The first-order chi connectivity index (χ1) is 18.1. The van der Waals surface area contributed by atoms with Crippen LogP contribution in [-0.4, -0.2) is 28.8 Å². The van der Waals surface area contributed by atoms with Crippen molar-refractivity contribution in [3.05, 3.63) is 107 Å². The Kier molecular flexibility index (Phi) is 10.2. The van der Waals surface area contributed by atoms with Gasteiger partial charge in [0.15, 0.2) is 0 Å². The van der Waals surface area contributed by atoms with E-state index in [4.69, 9.17) is 0 Å². The minimum absolute atomic E-state index is 0.00937. The second-order valence-electron chi connectivity index (χ2n) is 11.1. The number of benzene rings is 3. The molecular formula is C33H41FN2O2. The summed E-state index contributed by atoms with van der Waals surface area (Å²) in [7, 11) is 0. The number of halogens is 1. The summed E-state index contributed by atoms with van der Waals surface area (Å²) in [6, 6.07) is 23.6. The molecule has 3 aromatic rings. The molecule has 0 radical (unpaired) electrons. The predicted molar refractivity (Wildman–Crippen MR) is 152 cm³/mol. The van der Waals surface area contributed by atoms with Crippen molar-refractivity contribution in [2.45, 2.75) is 84.3 Å². The molecule has 4 nitrogen and oxygen atoms in total. The lowest BCUT2D eigenvalue weighted by molar-refractivity contribution is -0.141. The van der Waals surface area contributed by atoms with Crippen molar-refractivity contribution < 1.29 is 14.0 Å². The number of nitrogens with zero attached hydrogens (tertiary/aromatic N) is 1. The molecule has 3 aromatic carbocycles. The zero-order valence-electron chi connectivity index (χ0n) is 23.3. The fraction of sp³-hybridized carbons (Fsp3) is 0.394. The number of amides is 2. The van der Waals surface area contributed by atoms with E-state index in [0.29, 0.717) is 12.8 Å². The smallest absolute Gasteiger partial charge is 0.243 e. The molecule has 0 spiro atoms. The average Bonchev–Trinajstić information content (AvgIpc) is 2.90. The van der Waals surface area contributed by atoms with E-state index in [1.54, 1.807) is 17.0 Å². The maximum Gasteiger partial charge on any atom is 0.243 e. The summed E-state index contributed by atoms with van der Waals surface area (Å²) in [5.41, 5.74) is 4.15. The normalized spacial score (nSPS) is 13.0. The highest BCUT2D eigenvalue weighted by Crippen LogP contribution is 2.23. The number of hydrogen-bond donors (Lipinski definition) is 1. The topological polar surface area (TPSA) is 49.4 Å². The van der Waals surface area contributed by atoms with E-state index >= 15 is 0 Å². The highest BCUT2D eigenvalue weighted by Gasteiger charge is 2.30. The lowest BCUT2D eigenvalue weighted by Gasteiger charge is -2.32. The van der Waals surface area contributed by atoms with Crippen LogP contribution in [0.2, 0.25) is 0 Å². The fourth-order valence-corrected chi connectivity index (χ4v) is 4.35. The van der Waals surface area contributed by atoms with E-state index in [-0.39, 0.29) is 42.1 Å². The van der Waals surface area contributed by atoms with Gasteiger partial charge >= 0.3 is 0 Å². The van der Waals surface area contributed by atoms with E-state index < -0.39 is 6.04 Å². The largest absolute Gasteiger partial charge is 0.352 e. The van der Waals surface area contributed by atoms with Gasteiger partial charge in [-0.2, -0.15) is 0 Å². The number of carbonyl (C=O) groups is 2. The highest BCUT2D eigenvalue weighted by atomic mass is 19.1. The standard InChI is InChI=1S/C33H41FN2O2/c1-6-24(2)35-32(38)30(22-26-10-8-7-9-11-26)36(23-27-14-19-29(34)20-15-27)31(37)21-16-25-12-17-28(18-13-25)33(3,4)5/h7-15,17-20,24,30H,6,16,21-23H2,1-5H3,(H,35,38). The molecular weight excluding hydrogens is 475 g/mol. The van der Waals surface area contributed by atoms with Crippen LogP contribution in [0.15, 0.2) is 78.9 Å². The third-order valence-electron chi connectivity index (χ3n) is 6.99. The van der Waals surface area contributed by atoms with Crippen LogP contribution in [0.1, 0.15) is 69.7 Å². The van der Waals surface area contributed by atoms with E-state index in [1.807, 2.05) is 44.2 Å². The summed E-state index contributed by atoms with van der Waals surface area (Å²) in [5.74, 6) is -0.608. The van der Waals surface area contributed by atoms with Crippen molar-refractivity contribution in [3.8, 4) is 0 Å². The van der Waals surface area contributed by atoms with Gasteiger partial charge in [-0.3, -0.25) is 9.59 Å². The summed E-state index contributed by atoms with van der Waals surface area (Å²) in [6.45, 7) is 10.7. The van der Waals surface area contributed by atoms with Gasteiger partial charge in [0.2, 0.25) is 11.8 Å². The van der Waals surface area contributed by atoms with Gasteiger partial charge < -0.3 is 10.2 Å². The summed E-state index contributed by atoms with van der Waals surface area (Å²) < 4.78 is 13.6. The van der Waals surface area contributed by atoms with Crippen molar-refractivity contribution in [1.82, 2.24) is 10.2 Å². The van der Waals surface area contributed by atoms with Gasteiger partial charge in [-0.15, -0.1) is 0 Å². The van der Waals surface area contributed by atoms with E-state index in [9.17, 15) is 14.0 Å². The molecule has 2 unspecified atom stereocenters. The molecule has 0 heterocycles. The van der Waals surface area contributed by atoms with Crippen molar-refractivity contribution in [1.29, 1.82) is 0 Å². The number of carbonyl (C=O) groups excluding carboxylic acids is 2. The van der Waals surface area contributed by atoms with Crippen LogP contribution in [0.4, 0.5) is 4.39 Å². The predicted octanol–water partition coefficient (Wildman–Crippen LogP) is 6.61. The molecule has 0 aromatic heterocycles. The quantitative estimate of drug-likeness (QED) is 0.312. The summed E-state index contributed by atoms with van der Waals surface area (Å²) in [4.78, 5) is 29.0. The van der Waals surface area contributed by atoms with Crippen LogP contribution in [0, 0.1) is 5.82 Å².